The van der Waals surface area contributed by atoms with Gasteiger partial charge in [0.15, 0.2) is 11.6 Å². The predicted molar refractivity (Wildman–Crippen MR) is 38.4 cm³/mol. The van der Waals surface area contributed by atoms with E-state index in [0.717, 1.165) is 18.3 Å². The van der Waals surface area contributed by atoms with E-state index < -0.39 is 5.82 Å². The monoisotopic (exact) mass is 173 g/mol. The number of hydrogen-bond donors (Lipinski definition) is 0. The summed E-state index contributed by atoms with van der Waals surface area (Å²) in [4.78, 5) is 3.84. The Morgan fingerprint density at radius 2 is 2.45 bits per heavy atom. The van der Waals surface area contributed by atoms with Crippen LogP contribution in [-0.4, -0.2) is 11.6 Å². The van der Waals surface area contributed by atoms with Gasteiger partial charge in [0.2, 0.25) is 0 Å². The molecule has 0 atom stereocenters. The van der Waals surface area contributed by atoms with E-state index in [1.54, 1.807) is 0 Å². The van der Waals surface area contributed by atoms with E-state index in [2.05, 4.69) is 4.98 Å². The molecule has 1 aliphatic rings. The first-order chi connectivity index (χ1) is 5.29. The number of ether oxygens (including phenoxy) is 1. The second-order valence-electron chi connectivity index (χ2n) is 2.29. The van der Waals surface area contributed by atoms with Crippen molar-refractivity contribution >= 4 is 11.6 Å². The quantitative estimate of drug-likeness (QED) is 0.597. The maximum Gasteiger partial charge on any atom is 0.163 e. The Morgan fingerprint density at radius 3 is 3.27 bits per heavy atom. The van der Waals surface area contributed by atoms with Crippen molar-refractivity contribution < 1.29 is 9.13 Å². The van der Waals surface area contributed by atoms with Crippen molar-refractivity contribution in [2.45, 2.75) is 6.42 Å². The second kappa shape index (κ2) is 2.34. The van der Waals surface area contributed by atoms with E-state index >= 15 is 0 Å². The number of hydrogen-bond acceptors (Lipinski definition) is 2. The number of aromatic nitrogens is 1. The summed E-state index contributed by atoms with van der Waals surface area (Å²) in [5.41, 5.74) is 0.747. The fraction of sp³-hybridized carbons (Fsp3) is 0.286. The molecule has 0 amide bonds. The third kappa shape index (κ3) is 0.959. The second-order valence-corrected chi connectivity index (χ2v) is 2.67. The summed E-state index contributed by atoms with van der Waals surface area (Å²) < 4.78 is 17.8. The molecule has 0 saturated heterocycles. The maximum absolute atomic E-state index is 12.7. The molecule has 0 aliphatic carbocycles. The van der Waals surface area contributed by atoms with Gasteiger partial charge in [-0.1, -0.05) is 11.6 Å². The molecule has 4 heteroatoms. The Balaban J connectivity index is 2.62. The smallest absolute Gasteiger partial charge is 0.163 e. The van der Waals surface area contributed by atoms with Crippen LogP contribution in [0.4, 0.5) is 4.39 Å². The zero-order chi connectivity index (χ0) is 7.84. The number of pyridine rings is 1. The van der Waals surface area contributed by atoms with Crippen LogP contribution in [0.15, 0.2) is 6.20 Å². The fourth-order valence-electron chi connectivity index (χ4n) is 1.06. The van der Waals surface area contributed by atoms with Gasteiger partial charge in [-0.3, -0.25) is 4.98 Å². The topological polar surface area (TPSA) is 22.1 Å². The summed E-state index contributed by atoms with van der Waals surface area (Å²) in [6, 6.07) is 0. The number of halogens is 2. The van der Waals surface area contributed by atoms with Crippen molar-refractivity contribution in [3.63, 3.8) is 0 Å². The Morgan fingerprint density at radius 1 is 1.64 bits per heavy atom. The minimum absolute atomic E-state index is 0.0486. The first-order valence-corrected chi connectivity index (χ1v) is 3.62. The molecule has 1 aromatic rings. The van der Waals surface area contributed by atoms with Gasteiger partial charge in [-0.05, 0) is 0 Å². The van der Waals surface area contributed by atoms with Crippen LogP contribution in [0.1, 0.15) is 5.69 Å². The summed E-state index contributed by atoms with van der Waals surface area (Å²) in [5, 5.41) is 0.0486. The van der Waals surface area contributed by atoms with Gasteiger partial charge >= 0.3 is 0 Å². The normalized spacial score (nSPS) is 14.4. The number of nitrogens with zero attached hydrogens (tertiary/aromatic N) is 1. The minimum Gasteiger partial charge on any atom is -0.490 e. The van der Waals surface area contributed by atoms with Gasteiger partial charge in [-0.2, -0.15) is 0 Å². The van der Waals surface area contributed by atoms with E-state index in [0.29, 0.717) is 12.4 Å². The lowest BCUT2D eigenvalue weighted by molar-refractivity contribution is 0.355. The van der Waals surface area contributed by atoms with Crippen LogP contribution in [0.3, 0.4) is 0 Å². The first kappa shape index (κ1) is 6.85. The molecule has 0 radical (unpaired) electrons. The van der Waals surface area contributed by atoms with Crippen LogP contribution in [0.25, 0.3) is 0 Å². The Hall–Kier alpha value is -0.830. The van der Waals surface area contributed by atoms with Crippen LogP contribution < -0.4 is 4.74 Å². The van der Waals surface area contributed by atoms with Crippen LogP contribution in [0.2, 0.25) is 5.02 Å². The Bertz CT molecular complexity index is 303. The SMILES string of the molecule is Fc1cnc2c(c1Cl)OCC2. The molecule has 0 aromatic carbocycles. The van der Waals surface area contributed by atoms with Gasteiger partial charge < -0.3 is 4.74 Å². The van der Waals surface area contributed by atoms with E-state index in [1.165, 1.54) is 0 Å². The third-order valence-corrected chi connectivity index (χ3v) is 1.94. The van der Waals surface area contributed by atoms with Crippen molar-refractivity contribution in [3.8, 4) is 5.75 Å². The standard InChI is InChI=1S/C7H5ClFNO/c8-6-4(9)3-10-5-1-2-11-7(5)6/h3H,1-2H2. The van der Waals surface area contributed by atoms with Gasteiger partial charge in [0.25, 0.3) is 0 Å². The lowest BCUT2D eigenvalue weighted by atomic mass is 10.3. The van der Waals surface area contributed by atoms with Crippen molar-refractivity contribution in [1.29, 1.82) is 0 Å². The third-order valence-electron chi connectivity index (χ3n) is 1.59. The molecule has 0 spiro atoms. The molecule has 0 fully saturated rings. The molecule has 1 aromatic heterocycles. The lowest BCUT2D eigenvalue weighted by Crippen LogP contribution is -1.88. The molecule has 2 rings (SSSR count). The average molecular weight is 174 g/mol. The van der Waals surface area contributed by atoms with Crippen molar-refractivity contribution in [2.75, 3.05) is 6.61 Å². The van der Waals surface area contributed by atoms with E-state index in [-0.39, 0.29) is 5.02 Å². The average Bonchev–Trinajstić information content (AvgIpc) is 2.45. The highest BCUT2D eigenvalue weighted by Gasteiger charge is 2.19. The zero-order valence-corrected chi connectivity index (χ0v) is 6.36. The van der Waals surface area contributed by atoms with Gasteiger partial charge in [0.1, 0.15) is 5.02 Å². The van der Waals surface area contributed by atoms with Crippen LogP contribution >= 0.6 is 11.6 Å². The van der Waals surface area contributed by atoms with E-state index in [9.17, 15) is 4.39 Å². The highest BCUT2D eigenvalue weighted by Crippen LogP contribution is 2.33. The molecule has 1 aliphatic heterocycles. The van der Waals surface area contributed by atoms with Crippen molar-refractivity contribution in [2.24, 2.45) is 0 Å². The minimum atomic E-state index is -0.521. The van der Waals surface area contributed by atoms with E-state index in [1.807, 2.05) is 0 Å². The molecular formula is C7H5ClFNO. The molecular weight excluding hydrogens is 169 g/mol. The van der Waals surface area contributed by atoms with Crippen molar-refractivity contribution in [3.05, 3.63) is 22.7 Å². The van der Waals surface area contributed by atoms with Crippen molar-refractivity contribution in [1.82, 2.24) is 4.98 Å². The van der Waals surface area contributed by atoms with Gasteiger partial charge in [0.05, 0.1) is 18.5 Å². The summed E-state index contributed by atoms with van der Waals surface area (Å²) >= 11 is 5.60. The summed E-state index contributed by atoms with van der Waals surface area (Å²) in [6.45, 7) is 0.547. The van der Waals surface area contributed by atoms with Crippen LogP contribution in [-0.2, 0) is 6.42 Å². The van der Waals surface area contributed by atoms with Gasteiger partial charge in [-0.15, -0.1) is 0 Å². The van der Waals surface area contributed by atoms with Crippen LogP contribution in [0.5, 0.6) is 5.75 Å². The molecule has 2 nitrogen and oxygen atoms in total. The lowest BCUT2D eigenvalue weighted by Gasteiger charge is -2.00. The molecule has 58 valence electrons. The highest BCUT2D eigenvalue weighted by atomic mass is 35.5. The highest BCUT2D eigenvalue weighted by molar-refractivity contribution is 6.32. The maximum atomic E-state index is 12.7. The van der Waals surface area contributed by atoms with Gasteiger partial charge in [0, 0.05) is 6.42 Å². The summed E-state index contributed by atoms with van der Waals surface area (Å²) in [6.07, 6.45) is 1.84. The molecule has 11 heavy (non-hydrogen) atoms. The zero-order valence-electron chi connectivity index (χ0n) is 5.60. The summed E-state index contributed by atoms with van der Waals surface area (Å²) in [7, 11) is 0. The molecule has 2 heterocycles. The fourth-order valence-corrected chi connectivity index (χ4v) is 1.27. The first-order valence-electron chi connectivity index (χ1n) is 3.24. The number of rotatable bonds is 0. The van der Waals surface area contributed by atoms with Gasteiger partial charge in [-0.25, -0.2) is 4.39 Å². The largest absolute Gasteiger partial charge is 0.490 e. The molecule has 0 saturated carbocycles. The Labute approximate surface area is 68.0 Å². The van der Waals surface area contributed by atoms with Crippen LogP contribution in [0, 0.1) is 5.82 Å². The summed E-state index contributed by atoms with van der Waals surface area (Å²) in [5.74, 6) is -0.112. The molecule has 0 unspecified atom stereocenters. The predicted octanol–water partition coefficient (Wildman–Crippen LogP) is 1.81. The van der Waals surface area contributed by atoms with E-state index in [4.69, 9.17) is 16.3 Å². The number of fused-ring (bicyclic) bond motifs is 1. The Kier molecular flexibility index (Phi) is 1.46. The molecule has 0 bridgehead atoms. The molecule has 0 N–H and O–H groups in total.